The number of nitrogens with zero attached hydrogens (tertiary/aromatic N) is 1. The molecule has 1 saturated heterocycles. The fourth-order valence-electron chi connectivity index (χ4n) is 4.30. The predicted molar refractivity (Wildman–Crippen MR) is 105 cm³/mol. The Kier molecular flexibility index (Phi) is 5.03. The number of hydrogen-bond acceptors (Lipinski definition) is 4. The summed E-state index contributed by atoms with van der Waals surface area (Å²) < 4.78 is 11.3. The van der Waals surface area contributed by atoms with Gasteiger partial charge in [0.2, 0.25) is 0 Å². The smallest absolute Gasteiger partial charge is 0.251 e. The van der Waals surface area contributed by atoms with Crippen LogP contribution in [0, 0.1) is 5.92 Å². The van der Waals surface area contributed by atoms with Gasteiger partial charge in [0, 0.05) is 37.5 Å². The highest BCUT2D eigenvalue weighted by molar-refractivity contribution is 5.96. The normalized spacial score (nSPS) is 21.8. The minimum absolute atomic E-state index is 0.0113. The Morgan fingerprint density at radius 2 is 2.04 bits per heavy atom. The molecule has 1 fully saturated rings. The van der Waals surface area contributed by atoms with Gasteiger partial charge in [-0.3, -0.25) is 4.79 Å². The minimum Gasteiger partial charge on any atom is -0.496 e. The maximum absolute atomic E-state index is 12.6. The summed E-state index contributed by atoms with van der Waals surface area (Å²) in [5.41, 5.74) is 3.02. The number of carbonyl (C=O) groups is 1. The summed E-state index contributed by atoms with van der Waals surface area (Å²) in [5.74, 6) is 2.52. The second-order valence-electron chi connectivity index (χ2n) is 7.46. The molecule has 5 nitrogen and oxygen atoms in total. The van der Waals surface area contributed by atoms with Crippen LogP contribution < -0.4 is 14.8 Å². The minimum atomic E-state index is 0.0113. The Morgan fingerprint density at radius 1 is 1.19 bits per heavy atom. The van der Waals surface area contributed by atoms with Crippen molar-refractivity contribution in [3.63, 3.8) is 0 Å². The van der Waals surface area contributed by atoms with E-state index in [0.29, 0.717) is 18.4 Å². The van der Waals surface area contributed by atoms with E-state index in [1.807, 2.05) is 36.4 Å². The van der Waals surface area contributed by atoms with Gasteiger partial charge in [0.25, 0.3) is 5.91 Å². The van der Waals surface area contributed by atoms with Crippen molar-refractivity contribution in [2.75, 3.05) is 40.4 Å². The quantitative estimate of drug-likeness (QED) is 0.884. The number of rotatable bonds is 5. The molecule has 0 radical (unpaired) electrons. The number of amides is 1. The average Bonchev–Trinajstić information content (AvgIpc) is 3.01. The lowest BCUT2D eigenvalue weighted by Gasteiger charge is -2.17. The summed E-state index contributed by atoms with van der Waals surface area (Å²) in [4.78, 5) is 14.9. The van der Waals surface area contributed by atoms with E-state index in [2.05, 4.69) is 23.3 Å². The number of para-hydroxylation sites is 1. The number of nitrogens with one attached hydrogen (secondary N) is 1. The van der Waals surface area contributed by atoms with Crippen LogP contribution in [0.2, 0.25) is 0 Å². The molecule has 0 unspecified atom stereocenters. The molecule has 0 bridgehead atoms. The molecule has 2 aliphatic rings. The molecule has 4 rings (SSSR count). The fourth-order valence-corrected chi connectivity index (χ4v) is 4.30. The lowest BCUT2D eigenvalue weighted by molar-refractivity contribution is 0.0951. The highest BCUT2D eigenvalue weighted by atomic mass is 16.5. The van der Waals surface area contributed by atoms with Gasteiger partial charge in [-0.1, -0.05) is 24.3 Å². The molecule has 5 heteroatoms. The van der Waals surface area contributed by atoms with Gasteiger partial charge in [-0.05, 0) is 42.3 Å². The molecular formula is C22H26N2O3. The van der Waals surface area contributed by atoms with Gasteiger partial charge < -0.3 is 19.7 Å². The first-order valence-corrected chi connectivity index (χ1v) is 9.51. The van der Waals surface area contributed by atoms with Gasteiger partial charge in [0.1, 0.15) is 11.5 Å². The van der Waals surface area contributed by atoms with Crippen LogP contribution in [0.5, 0.6) is 11.5 Å². The molecule has 27 heavy (non-hydrogen) atoms. The number of hydrogen-bond donors (Lipinski definition) is 1. The van der Waals surface area contributed by atoms with E-state index in [4.69, 9.17) is 9.47 Å². The van der Waals surface area contributed by atoms with Crippen molar-refractivity contribution < 1.29 is 14.3 Å². The summed E-state index contributed by atoms with van der Waals surface area (Å²) in [6.07, 6.45) is 0.753. The summed E-state index contributed by atoms with van der Waals surface area (Å²) in [5, 5.41) is 3.08. The van der Waals surface area contributed by atoms with Crippen LogP contribution in [0.1, 0.15) is 27.4 Å². The van der Waals surface area contributed by atoms with Crippen molar-refractivity contribution in [1.29, 1.82) is 0 Å². The third-order valence-electron chi connectivity index (χ3n) is 5.65. The molecule has 1 N–H and O–H groups in total. The molecule has 1 amide bonds. The maximum atomic E-state index is 12.6. The molecule has 142 valence electrons. The zero-order valence-corrected chi connectivity index (χ0v) is 15.9. The van der Waals surface area contributed by atoms with Crippen LogP contribution in [0.3, 0.4) is 0 Å². The highest BCUT2D eigenvalue weighted by Gasteiger charge is 2.36. The van der Waals surface area contributed by atoms with Crippen LogP contribution in [-0.2, 0) is 6.42 Å². The number of carbonyl (C=O) groups excluding carboxylic acids is 1. The topological polar surface area (TPSA) is 50.8 Å². The molecule has 0 saturated carbocycles. The van der Waals surface area contributed by atoms with Crippen molar-refractivity contribution >= 4 is 5.91 Å². The van der Waals surface area contributed by atoms with E-state index < -0.39 is 0 Å². The van der Waals surface area contributed by atoms with Gasteiger partial charge in [-0.2, -0.15) is 0 Å². The summed E-state index contributed by atoms with van der Waals surface area (Å²) in [6, 6.07) is 13.9. The predicted octanol–water partition coefficient (Wildman–Crippen LogP) is 2.71. The van der Waals surface area contributed by atoms with E-state index in [-0.39, 0.29) is 5.91 Å². The lowest BCUT2D eigenvalue weighted by atomic mass is 9.87. The molecule has 0 aliphatic carbocycles. The van der Waals surface area contributed by atoms with Crippen LogP contribution in [-0.4, -0.2) is 51.2 Å². The van der Waals surface area contributed by atoms with E-state index >= 15 is 0 Å². The molecule has 0 aromatic heterocycles. The number of methoxy groups -OCH3 is 1. The molecule has 2 aliphatic heterocycles. The first-order chi connectivity index (χ1) is 13.2. The Morgan fingerprint density at radius 3 is 2.89 bits per heavy atom. The largest absolute Gasteiger partial charge is 0.496 e. The van der Waals surface area contributed by atoms with E-state index in [1.54, 1.807) is 7.11 Å². The number of benzene rings is 2. The monoisotopic (exact) mass is 366 g/mol. The van der Waals surface area contributed by atoms with Gasteiger partial charge in [0.05, 0.1) is 13.7 Å². The zero-order valence-electron chi connectivity index (χ0n) is 15.9. The average molecular weight is 366 g/mol. The van der Waals surface area contributed by atoms with Gasteiger partial charge in [-0.25, -0.2) is 0 Å². The fraction of sp³-hybridized carbons (Fsp3) is 0.409. The van der Waals surface area contributed by atoms with E-state index in [1.165, 1.54) is 0 Å². The second-order valence-corrected chi connectivity index (χ2v) is 7.46. The highest BCUT2D eigenvalue weighted by Crippen LogP contribution is 2.36. The molecule has 2 heterocycles. The van der Waals surface area contributed by atoms with Crippen LogP contribution in [0.4, 0.5) is 0 Å². The summed E-state index contributed by atoms with van der Waals surface area (Å²) in [7, 11) is 3.82. The number of likely N-dealkylation sites (N-methyl/N-ethyl adjacent to an activating group) is 1. The van der Waals surface area contributed by atoms with Crippen LogP contribution >= 0.6 is 0 Å². The van der Waals surface area contributed by atoms with Gasteiger partial charge in [-0.15, -0.1) is 0 Å². The second kappa shape index (κ2) is 7.61. The molecule has 2 aromatic rings. The Balaban J connectivity index is 1.48. The molecule has 0 spiro atoms. The van der Waals surface area contributed by atoms with Crippen molar-refractivity contribution in [2.24, 2.45) is 5.92 Å². The Hall–Kier alpha value is -2.53. The van der Waals surface area contributed by atoms with Crippen molar-refractivity contribution in [3.8, 4) is 11.5 Å². The van der Waals surface area contributed by atoms with Crippen LogP contribution in [0.25, 0.3) is 0 Å². The SMILES string of the molecule is COc1ccccc1CCOc1ccc2c(c1)C(=O)NC[C@@H]1CN(C)C[C@@H]21. The lowest BCUT2D eigenvalue weighted by Crippen LogP contribution is -2.29. The van der Waals surface area contributed by atoms with Crippen molar-refractivity contribution in [1.82, 2.24) is 10.2 Å². The Labute approximate surface area is 160 Å². The standard InChI is InChI=1S/C22H26N2O3/c1-24-13-16-12-23-22(25)19-11-17(7-8-18(19)20(16)14-24)27-10-9-15-5-3-4-6-21(15)26-2/h3-8,11,16,20H,9-10,12-14H2,1-2H3,(H,23,25)/t16-,20-/m1/s1. The number of fused-ring (bicyclic) bond motifs is 3. The third kappa shape index (κ3) is 3.65. The first kappa shape index (κ1) is 17.9. The molecule has 2 aromatic carbocycles. The van der Waals surface area contributed by atoms with Gasteiger partial charge >= 0.3 is 0 Å². The number of ether oxygens (including phenoxy) is 2. The van der Waals surface area contributed by atoms with Crippen LogP contribution in [0.15, 0.2) is 42.5 Å². The van der Waals surface area contributed by atoms with E-state index in [9.17, 15) is 4.79 Å². The van der Waals surface area contributed by atoms with Gasteiger partial charge in [0.15, 0.2) is 0 Å². The third-order valence-corrected chi connectivity index (χ3v) is 5.65. The summed E-state index contributed by atoms with van der Waals surface area (Å²) >= 11 is 0. The summed E-state index contributed by atoms with van der Waals surface area (Å²) in [6.45, 7) is 3.31. The van der Waals surface area contributed by atoms with Crippen molar-refractivity contribution in [3.05, 3.63) is 59.2 Å². The van der Waals surface area contributed by atoms with Crippen molar-refractivity contribution in [2.45, 2.75) is 12.3 Å². The maximum Gasteiger partial charge on any atom is 0.251 e. The zero-order chi connectivity index (χ0) is 18.8. The molecule has 2 atom stereocenters. The number of likely N-dealkylation sites (tertiary alicyclic amines) is 1. The molecular weight excluding hydrogens is 340 g/mol. The van der Waals surface area contributed by atoms with E-state index in [0.717, 1.165) is 54.2 Å². The Bertz CT molecular complexity index is 836. The first-order valence-electron chi connectivity index (χ1n) is 9.51.